The van der Waals surface area contributed by atoms with Crippen LogP contribution in [0.5, 0.6) is 0 Å². The lowest BCUT2D eigenvalue weighted by Gasteiger charge is -2.35. The number of fused-ring (bicyclic) bond motifs is 1. The van der Waals surface area contributed by atoms with E-state index >= 15 is 0 Å². The van der Waals surface area contributed by atoms with Gasteiger partial charge in [-0.3, -0.25) is 15.1 Å². The summed E-state index contributed by atoms with van der Waals surface area (Å²) in [5.41, 5.74) is 4.15. The summed E-state index contributed by atoms with van der Waals surface area (Å²) in [6.07, 6.45) is 7.41. The Balaban J connectivity index is 1.32. The largest absolute Gasteiger partial charge is 0.356 e. The number of benzene rings is 1. The molecule has 8 nitrogen and oxygen atoms in total. The van der Waals surface area contributed by atoms with E-state index in [4.69, 9.17) is 0 Å². The fourth-order valence-corrected chi connectivity index (χ4v) is 4.73. The second-order valence-corrected chi connectivity index (χ2v) is 9.26. The molecule has 0 aliphatic carbocycles. The highest BCUT2D eigenvalue weighted by molar-refractivity contribution is 7.13. The Morgan fingerprint density at radius 3 is 2.73 bits per heavy atom. The lowest BCUT2D eigenvalue weighted by molar-refractivity contribution is 0.102. The molecule has 1 fully saturated rings. The first kappa shape index (κ1) is 21.4. The van der Waals surface area contributed by atoms with Crippen LogP contribution in [0.15, 0.2) is 54.4 Å². The van der Waals surface area contributed by atoms with Crippen molar-refractivity contribution in [3.05, 3.63) is 60.0 Å². The van der Waals surface area contributed by atoms with Crippen molar-refractivity contribution in [2.24, 2.45) is 0 Å². The van der Waals surface area contributed by atoms with Gasteiger partial charge in [0, 0.05) is 48.7 Å². The van der Waals surface area contributed by atoms with E-state index in [2.05, 4.69) is 49.1 Å². The maximum absolute atomic E-state index is 12.9. The minimum Gasteiger partial charge on any atom is -0.356 e. The molecule has 1 aliphatic heterocycles. The molecule has 1 amide bonds. The van der Waals surface area contributed by atoms with E-state index in [-0.39, 0.29) is 11.9 Å². The minimum absolute atomic E-state index is 0.250. The van der Waals surface area contributed by atoms with Gasteiger partial charge in [0.2, 0.25) is 5.95 Å². The molecule has 0 saturated carbocycles. The van der Waals surface area contributed by atoms with Crippen LogP contribution in [0.25, 0.3) is 21.3 Å². The Bertz CT molecular complexity index is 1270. The quantitative estimate of drug-likeness (QED) is 0.484. The minimum atomic E-state index is -0.250. The van der Waals surface area contributed by atoms with Gasteiger partial charge in [-0.2, -0.15) is 0 Å². The van der Waals surface area contributed by atoms with Gasteiger partial charge >= 0.3 is 0 Å². The molecule has 1 aromatic carbocycles. The van der Waals surface area contributed by atoms with Crippen LogP contribution < -0.4 is 10.2 Å². The van der Waals surface area contributed by atoms with Gasteiger partial charge in [0.15, 0.2) is 0 Å². The normalized spacial score (nSPS) is 14.7. The molecule has 4 aromatic rings. The second-order valence-electron chi connectivity index (χ2n) is 8.37. The number of hydrogen-bond acceptors (Lipinski definition) is 8. The third-order valence-corrected chi connectivity index (χ3v) is 6.87. The number of rotatable bonds is 5. The highest BCUT2D eigenvalue weighted by Gasteiger charge is 2.22. The number of thiazole rings is 1. The van der Waals surface area contributed by atoms with Crippen molar-refractivity contribution in [3.8, 4) is 10.4 Å². The van der Waals surface area contributed by atoms with Crippen molar-refractivity contribution in [2.75, 3.05) is 37.4 Å². The standard InChI is InChI=1S/C24H25N7OS/c1-30(2)19-6-9-31(10-7-19)22-12-17(5-8-26-22)23(32)29-24-27-13-18-4-3-16(11-20(18)28-24)21-14-25-15-33-21/h3-5,8,11-15,19H,6-7,9-10H2,1-2H3,(H,27,28,29,32). The van der Waals surface area contributed by atoms with Gasteiger partial charge in [-0.15, -0.1) is 11.3 Å². The number of anilines is 2. The van der Waals surface area contributed by atoms with Crippen LogP contribution in [0.2, 0.25) is 0 Å². The van der Waals surface area contributed by atoms with Gasteiger partial charge in [0.1, 0.15) is 5.82 Å². The molecule has 1 N–H and O–H groups in total. The zero-order chi connectivity index (χ0) is 22.8. The molecule has 3 aromatic heterocycles. The average Bonchev–Trinajstić information content (AvgIpc) is 3.39. The smallest absolute Gasteiger partial charge is 0.258 e. The van der Waals surface area contributed by atoms with E-state index in [1.165, 1.54) is 0 Å². The molecule has 0 atom stereocenters. The van der Waals surface area contributed by atoms with E-state index in [1.807, 2.05) is 30.5 Å². The number of pyridine rings is 1. The van der Waals surface area contributed by atoms with Crippen LogP contribution in [0.4, 0.5) is 11.8 Å². The summed E-state index contributed by atoms with van der Waals surface area (Å²) in [7, 11) is 4.25. The number of carbonyl (C=O) groups excluding carboxylic acids is 1. The number of nitrogens with one attached hydrogen (secondary N) is 1. The summed E-state index contributed by atoms with van der Waals surface area (Å²) in [6, 6.07) is 10.1. The van der Waals surface area contributed by atoms with Gasteiger partial charge in [-0.25, -0.2) is 15.0 Å². The molecule has 5 rings (SSSR count). The Morgan fingerprint density at radius 1 is 1.12 bits per heavy atom. The van der Waals surface area contributed by atoms with Crippen LogP contribution in [0, 0.1) is 0 Å². The van der Waals surface area contributed by atoms with E-state index < -0.39 is 0 Å². The number of aromatic nitrogens is 4. The van der Waals surface area contributed by atoms with E-state index in [0.717, 1.165) is 53.1 Å². The SMILES string of the molecule is CN(C)C1CCN(c2cc(C(=O)Nc3ncc4ccc(-c5cncs5)cc4n3)ccn2)CC1. The van der Waals surface area contributed by atoms with Crippen molar-refractivity contribution >= 4 is 39.9 Å². The molecule has 4 heterocycles. The molecular formula is C24H25N7OS. The van der Waals surface area contributed by atoms with Gasteiger partial charge in [0.05, 0.1) is 15.9 Å². The Hall–Kier alpha value is -3.43. The topological polar surface area (TPSA) is 87.1 Å². The van der Waals surface area contributed by atoms with Crippen molar-refractivity contribution in [1.82, 2.24) is 24.8 Å². The molecule has 0 unspecified atom stereocenters. The molecule has 0 radical (unpaired) electrons. The lowest BCUT2D eigenvalue weighted by atomic mass is 10.0. The molecule has 1 aliphatic rings. The van der Waals surface area contributed by atoms with Gasteiger partial charge in [0.25, 0.3) is 5.91 Å². The molecule has 0 bridgehead atoms. The average molecular weight is 460 g/mol. The van der Waals surface area contributed by atoms with Crippen molar-refractivity contribution in [3.63, 3.8) is 0 Å². The number of carbonyl (C=O) groups is 1. The molecule has 9 heteroatoms. The van der Waals surface area contributed by atoms with E-state index in [0.29, 0.717) is 11.6 Å². The number of hydrogen-bond donors (Lipinski definition) is 1. The van der Waals surface area contributed by atoms with Gasteiger partial charge in [-0.05, 0) is 50.7 Å². The molecular weight excluding hydrogens is 434 g/mol. The Labute approximate surface area is 196 Å². The number of piperidine rings is 1. The summed E-state index contributed by atoms with van der Waals surface area (Å²) < 4.78 is 0. The maximum Gasteiger partial charge on any atom is 0.258 e. The molecule has 168 valence electrons. The third kappa shape index (κ3) is 4.69. The Kier molecular flexibility index (Phi) is 5.97. The number of nitrogens with zero attached hydrogens (tertiary/aromatic N) is 6. The lowest BCUT2D eigenvalue weighted by Crippen LogP contribution is -2.42. The fourth-order valence-electron chi connectivity index (χ4n) is 4.11. The monoisotopic (exact) mass is 459 g/mol. The second kappa shape index (κ2) is 9.21. The Morgan fingerprint density at radius 2 is 1.97 bits per heavy atom. The molecule has 33 heavy (non-hydrogen) atoms. The summed E-state index contributed by atoms with van der Waals surface area (Å²) in [5, 5.41) is 3.74. The summed E-state index contributed by atoms with van der Waals surface area (Å²) in [5.74, 6) is 0.854. The summed E-state index contributed by atoms with van der Waals surface area (Å²) >= 11 is 1.57. The summed E-state index contributed by atoms with van der Waals surface area (Å²) in [4.78, 5) is 36.0. The molecule has 1 saturated heterocycles. The van der Waals surface area contributed by atoms with E-state index in [9.17, 15) is 4.79 Å². The van der Waals surface area contributed by atoms with Gasteiger partial charge < -0.3 is 9.80 Å². The third-order valence-electron chi connectivity index (χ3n) is 6.05. The first-order valence-electron chi connectivity index (χ1n) is 10.9. The predicted molar refractivity (Wildman–Crippen MR) is 132 cm³/mol. The highest BCUT2D eigenvalue weighted by Crippen LogP contribution is 2.26. The molecule has 0 spiro atoms. The van der Waals surface area contributed by atoms with Crippen LogP contribution in [0.1, 0.15) is 23.2 Å². The van der Waals surface area contributed by atoms with Crippen molar-refractivity contribution in [1.29, 1.82) is 0 Å². The van der Waals surface area contributed by atoms with Crippen LogP contribution in [-0.4, -0.2) is 64.0 Å². The zero-order valence-corrected chi connectivity index (χ0v) is 19.4. The van der Waals surface area contributed by atoms with Crippen molar-refractivity contribution in [2.45, 2.75) is 18.9 Å². The van der Waals surface area contributed by atoms with Crippen LogP contribution in [-0.2, 0) is 0 Å². The maximum atomic E-state index is 12.9. The zero-order valence-electron chi connectivity index (χ0n) is 18.6. The summed E-state index contributed by atoms with van der Waals surface area (Å²) in [6.45, 7) is 1.85. The van der Waals surface area contributed by atoms with Crippen LogP contribution in [0.3, 0.4) is 0 Å². The number of amides is 1. The van der Waals surface area contributed by atoms with Crippen LogP contribution >= 0.6 is 11.3 Å². The first-order valence-corrected chi connectivity index (χ1v) is 11.8. The van der Waals surface area contributed by atoms with Crippen molar-refractivity contribution < 1.29 is 4.79 Å². The van der Waals surface area contributed by atoms with Gasteiger partial charge in [-0.1, -0.05) is 12.1 Å². The van der Waals surface area contributed by atoms with E-state index in [1.54, 1.807) is 35.3 Å². The fraction of sp³-hybridized carbons (Fsp3) is 0.292. The predicted octanol–water partition coefficient (Wildman–Crippen LogP) is 3.93. The first-order chi connectivity index (χ1) is 16.1. The highest BCUT2D eigenvalue weighted by atomic mass is 32.1.